The summed E-state index contributed by atoms with van der Waals surface area (Å²) in [5.41, 5.74) is 9.77. The molecule has 0 aliphatic heterocycles. The van der Waals surface area contributed by atoms with E-state index in [-0.39, 0.29) is 5.52 Å². The summed E-state index contributed by atoms with van der Waals surface area (Å²) in [4.78, 5) is 2.24. The molecule has 0 fully saturated rings. The maximum Gasteiger partial charge on any atom is 0.345 e. The number of benzene rings is 1. The molecular weight excluding hydrogens is 232 g/mol. The van der Waals surface area contributed by atoms with Crippen molar-refractivity contribution in [2.45, 2.75) is 6.92 Å². The molecular formula is C7H6N6O2S. The van der Waals surface area contributed by atoms with Crippen LogP contribution in [0.5, 0.6) is 0 Å². The van der Waals surface area contributed by atoms with Crippen LogP contribution >= 0.6 is 0 Å². The van der Waals surface area contributed by atoms with Crippen molar-refractivity contribution >= 4 is 21.2 Å². The fourth-order valence-corrected chi connectivity index (χ4v) is 1.96. The van der Waals surface area contributed by atoms with Gasteiger partial charge in [-0.25, -0.2) is 0 Å². The van der Waals surface area contributed by atoms with Crippen LogP contribution in [0.25, 0.3) is 21.5 Å². The van der Waals surface area contributed by atoms with Crippen molar-refractivity contribution in [1.82, 2.24) is 14.4 Å². The number of hydrogen-bond acceptors (Lipinski definition) is 4. The summed E-state index contributed by atoms with van der Waals surface area (Å²) >= 11 is 0. The normalized spacial score (nSPS) is 11.3. The first-order valence-electron chi connectivity index (χ1n) is 4.18. The highest BCUT2D eigenvalue weighted by Crippen LogP contribution is 2.15. The average molecular weight is 238 g/mol. The molecule has 0 unspecified atom stereocenters. The number of nitrogens with zero attached hydrogens (tertiary/aromatic N) is 6. The predicted molar refractivity (Wildman–Crippen MR) is 55.7 cm³/mol. The Kier molecular flexibility index (Phi) is 2.26. The fourth-order valence-electron chi connectivity index (χ4n) is 1.26. The van der Waals surface area contributed by atoms with Gasteiger partial charge in [0, 0.05) is 4.91 Å². The minimum absolute atomic E-state index is 0.276. The highest BCUT2D eigenvalue weighted by molar-refractivity contribution is 7.88. The molecule has 0 saturated carbocycles. The maximum absolute atomic E-state index is 11.4. The molecule has 0 spiro atoms. The van der Waals surface area contributed by atoms with Crippen molar-refractivity contribution in [2.75, 3.05) is 0 Å². The SMILES string of the molecule is Cc1ccc2c(c1)nnn2S(=O)(=O)N=[N+]=[N-]. The topological polar surface area (TPSA) is 114 Å². The third kappa shape index (κ3) is 1.58. The van der Waals surface area contributed by atoms with E-state index in [1.54, 1.807) is 18.2 Å². The van der Waals surface area contributed by atoms with Crippen molar-refractivity contribution in [3.63, 3.8) is 0 Å². The maximum atomic E-state index is 11.4. The summed E-state index contributed by atoms with van der Waals surface area (Å²) in [6.07, 6.45) is 0. The lowest BCUT2D eigenvalue weighted by molar-refractivity contribution is 0.581. The van der Waals surface area contributed by atoms with Gasteiger partial charge in [-0.15, -0.1) is 9.19 Å². The van der Waals surface area contributed by atoms with Crippen LogP contribution in [0.3, 0.4) is 0 Å². The lowest BCUT2D eigenvalue weighted by Gasteiger charge is -1.96. The molecule has 0 bridgehead atoms. The summed E-state index contributed by atoms with van der Waals surface area (Å²) in [6.45, 7) is 1.85. The van der Waals surface area contributed by atoms with Crippen LogP contribution < -0.4 is 0 Å². The minimum atomic E-state index is -4.16. The number of azide groups is 1. The molecule has 16 heavy (non-hydrogen) atoms. The van der Waals surface area contributed by atoms with E-state index in [0.717, 1.165) is 5.56 Å². The number of fused-ring (bicyclic) bond motifs is 1. The van der Waals surface area contributed by atoms with E-state index >= 15 is 0 Å². The molecule has 1 heterocycles. The van der Waals surface area contributed by atoms with E-state index in [9.17, 15) is 8.42 Å². The molecule has 0 N–H and O–H groups in total. The number of rotatable bonds is 2. The summed E-state index contributed by atoms with van der Waals surface area (Å²) in [6, 6.07) is 4.95. The second-order valence-electron chi connectivity index (χ2n) is 3.07. The standard InChI is InChI=1S/C7H6N6O2S/c1-5-2-3-7-6(4-5)9-11-13(7)16(14,15)12-10-8/h2-4H,1H3. The Morgan fingerprint density at radius 1 is 1.50 bits per heavy atom. The molecule has 1 aromatic heterocycles. The third-order valence-corrected chi connectivity index (χ3v) is 2.92. The molecule has 2 rings (SSSR count). The summed E-state index contributed by atoms with van der Waals surface area (Å²) < 4.78 is 26.1. The summed E-state index contributed by atoms with van der Waals surface area (Å²) in [7, 11) is -4.16. The van der Waals surface area contributed by atoms with Gasteiger partial charge < -0.3 is 0 Å². The van der Waals surface area contributed by atoms with Crippen LogP contribution in [0.4, 0.5) is 0 Å². The highest BCUT2D eigenvalue weighted by Gasteiger charge is 2.16. The molecule has 0 saturated heterocycles. The largest absolute Gasteiger partial charge is 0.345 e. The second kappa shape index (κ2) is 3.47. The van der Waals surface area contributed by atoms with Gasteiger partial charge in [-0.05, 0) is 30.2 Å². The van der Waals surface area contributed by atoms with Crippen LogP contribution in [0.2, 0.25) is 0 Å². The molecule has 0 aliphatic rings. The van der Waals surface area contributed by atoms with Crippen LogP contribution in [0, 0.1) is 6.92 Å². The zero-order chi connectivity index (χ0) is 11.8. The van der Waals surface area contributed by atoms with E-state index in [1.165, 1.54) is 0 Å². The fraction of sp³-hybridized carbons (Fsp3) is 0.143. The highest BCUT2D eigenvalue weighted by atomic mass is 32.2. The van der Waals surface area contributed by atoms with Gasteiger partial charge in [0.15, 0.2) is 0 Å². The van der Waals surface area contributed by atoms with Gasteiger partial charge >= 0.3 is 10.2 Å². The Morgan fingerprint density at radius 2 is 2.25 bits per heavy atom. The number of hydrogen-bond donors (Lipinski definition) is 0. The van der Waals surface area contributed by atoms with Crippen molar-refractivity contribution in [3.05, 3.63) is 34.2 Å². The van der Waals surface area contributed by atoms with E-state index in [1.807, 2.05) is 6.92 Å². The molecule has 1 aromatic carbocycles. The van der Waals surface area contributed by atoms with Gasteiger partial charge in [0.25, 0.3) is 0 Å². The van der Waals surface area contributed by atoms with Gasteiger partial charge in [-0.1, -0.05) is 11.3 Å². The van der Waals surface area contributed by atoms with Gasteiger partial charge in [-0.3, -0.25) is 0 Å². The molecule has 9 heteroatoms. The first kappa shape index (κ1) is 10.4. The lowest BCUT2D eigenvalue weighted by atomic mass is 10.2. The lowest BCUT2D eigenvalue weighted by Crippen LogP contribution is -2.10. The third-order valence-electron chi connectivity index (χ3n) is 1.93. The van der Waals surface area contributed by atoms with Gasteiger partial charge in [0.1, 0.15) is 11.0 Å². The molecule has 0 amide bonds. The second-order valence-corrected chi connectivity index (χ2v) is 4.48. The minimum Gasteiger partial charge on any atom is -0.196 e. The zero-order valence-electron chi connectivity index (χ0n) is 8.14. The number of aryl methyl sites for hydroxylation is 1. The van der Waals surface area contributed by atoms with Crippen LogP contribution in [-0.2, 0) is 10.2 Å². The first-order valence-corrected chi connectivity index (χ1v) is 5.58. The summed E-state index contributed by atoms with van der Waals surface area (Å²) in [5, 5.41) is 7.12. The molecule has 2 aromatic rings. The van der Waals surface area contributed by atoms with Crippen molar-refractivity contribution < 1.29 is 8.42 Å². The number of aromatic nitrogens is 3. The summed E-state index contributed by atoms with van der Waals surface area (Å²) in [5.74, 6) is 0. The Morgan fingerprint density at radius 3 is 2.94 bits per heavy atom. The molecule has 0 aliphatic carbocycles. The van der Waals surface area contributed by atoms with Crippen molar-refractivity contribution in [2.24, 2.45) is 4.52 Å². The van der Waals surface area contributed by atoms with Crippen LogP contribution in [0.15, 0.2) is 22.7 Å². The first-order chi connectivity index (χ1) is 7.54. The molecule has 0 atom stereocenters. The van der Waals surface area contributed by atoms with Crippen molar-refractivity contribution in [1.29, 1.82) is 0 Å². The van der Waals surface area contributed by atoms with E-state index < -0.39 is 10.2 Å². The Hall–Kier alpha value is -2.12. The van der Waals surface area contributed by atoms with E-state index in [4.69, 9.17) is 5.53 Å². The smallest absolute Gasteiger partial charge is 0.196 e. The van der Waals surface area contributed by atoms with Gasteiger partial charge in [-0.2, -0.15) is 8.42 Å². The molecule has 8 nitrogen and oxygen atoms in total. The van der Waals surface area contributed by atoms with Gasteiger partial charge in [0.05, 0.1) is 4.52 Å². The Labute approximate surface area is 90.3 Å². The van der Waals surface area contributed by atoms with Crippen molar-refractivity contribution in [3.8, 4) is 0 Å². The van der Waals surface area contributed by atoms with Gasteiger partial charge in [0.2, 0.25) is 0 Å². The molecule has 82 valence electrons. The zero-order valence-corrected chi connectivity index (χ0v) is 8.96. The Balaban J connectivity index is 2.77. The monoisotopic (exact) mass is 238 g/mol. The average Bonchev–Trinajstić information content (AvgIpc) is 2.60. The van der Waals surface area contributed by atoms with E-state index in [0.29, 0.717) is 9.60 Å². The molecule has 0 radical (unpaired) electrons. The predicted octanol–water partition coefficient (Wildman–Crippen LogP) is 1.14. The Bertz CT molecular complexity index is 697. The quantitative estimate of drug-likeness (QED) is 0.443. The van der Waals surface area contributed by atoms with E-state index in [2.05, 4.69) is 19.7 Å². The van der Waals surface area contributed by atoms with Crippen LogP contribution in [-0.4, -0.2) is 22.8 Å². The van der Waals surface area contributed by atoms with Crippen LogP contribution in [0.1, 0.15) is 5.56 Å².